The Hall–Kier alpha value is -1.87. The van der Waals surface area contributed by atoms with Gasteiger partial charge >= 0.3 is 0 Å². The van der Waals surface area contributed by atoms with Gasteiger partial charge in [0.2, 0.25) is 0 Å². The van der Waals surface area contributed by atoms with E-state index in [1.165, 1.54) is 12.1 Å². The van der Waals surface area contributed by atoms with Crippen LogP contribution in [0.1, 0.15) is 24.2 Å². The van der Waals surface area contributed by atoms with Crippen LogP contribution < -0.4 is 4.74 Å². The molecule has 0 unspecified atom stereocenters. The zero-order chi connectivity index (χ0) is 13.1. The molecule has 0 amide bonds. The SMILES string of the molecule is Cc1cccc(Oc2ccc([C@@H](C)O)cc2F)c1. The lowest BCUT2D eigenvalue weighted by atomic mass is 10.1. The summed E-state index contributed by atoms with van der Waals surface area (Å²) in [5.41, 5.74) is 1.58. The molecule has 2 nitrogen and oxygen atoms in total. The van der Waals surface area contributed by atoms with Crippen LogP contribution in [-0.4, -0.2) is 5.11 Å². The van der Waals surface area contributed by atoms with E-state index in [0.29, 0.717) is 11.3 Å². The molecule has 0 saturated heterocycles. The molecule has 94 valence electrons. The summed E-state index contributed by atoms with van der Waals surface area (Å²) in [7, 11) is 0. The first-order chi connectivity index (χ1) is 8.56. The third-order valence-electron chi connectivity index (χ3n) is 2.66. The van der Waals surface area contributed by atoms with Gasteiger partial charge < -0.3 is 9.84 Å². The monoisotopic (exact) mass is 246 g/mol. The molecular weight excluding hydrogens is 231 g/mol. The number of rotatable bonds is 3. The van der Waals surface area contributed by atoms with Gasteiger partial charge in [0, 0.05) is 0 Å². The number of benzene rings is 2. The van der Waals surface area contributed by atoms with Crippen LogP contribution in [0.2, 0.25) is 0 Å². The topological polar surface area (TPSA) is 29.5 Å². The van der Waals surface area contributed by atoms with E-state index in [-0.39, 0.29) is 5.75 Å². The number of aryl methyl sites for hydroxylation is 1. The summed E-state index contributed by atoms with van der Waals surface area (Å²) in [6.07, 6.45) is -0.687. The molecule has 1 atom stereocenters. The van der Waals surface area contributed by atoms with Crippen LogP contribution in [0.3, 0.4) is 0 Å². The highest BCUT2D eigenvalue weighted by Gasteiger charge is 2.08. The van der Waals surface area contributed by atoms with Crippen molar-refractivity contribution < 1.29 is 14.2 Å². The van der Waals surface area contributed by atoms with Crippen molar-refractivity contribution in [3.63, 3.8) is 0 Å². The van der Waals surface area contributed by atoms with Gasteiger partial charge in [-0.1, -0.05) is 18.2 Å². The van der Waals surface area contributed by atoms with Crippen molar-refractivity contribution in [1.29, 1.82) is 0 Å². The second-order valence-electron chi connectivity index (χ2n) is 4.28. The first-order valence-electron chi connectivity index (χ1n) is 5.78. The van der Waals surface area contributed by atoms with E-state index in [2.05, 4.69) is 0 Å². The number of aliphatic hydroxyl groups excluding tert-OH is 1. The van der Waals surface area contributed by atoms with Crippen molar-refractivity contribution in [2.45, 2.75) is 20.0 Å². The zero-order valence-electron chi connectivity index (χ0n) is 10.4. The van der Waals surface area contributed by atoms with Crippen molar-refractivity contribution in [3.05, 3.63) is 59.4 Å². The van der Waals surface area contributed by atoms with E-state index in [0.717, 1.165) is 5.56 Å². The second kappa shape index (κ2) is 5.19. The van der Waals surface area contributed by atoms with Gasteiger partial charge in [0.25, 0.3) is 0 Å². The van der Waals surface area contributed by atoms with Crippen molar-refractivity contribution in [2.24, 2.45) is 0 Å². The van der Waals surface area contributed by atoms with Crippen molar-refractivity contribution in [3.8, 4) is 11.5 Å². The first-order valence-corrected chi connectivity index (χ1v) is 5.78. The van der Waals surface area contributed by atoms with E-state index >= 15 is 0 Å². The lowest BCUT2D eigenvalue weighted by Crippen LogP contribution is -1.94. The van der Waals surface area contributed by atoms with Crippen LogP contribution in [0.25, 0.3) is 0 Å². The van der Waals surface area contributed by atoms with Gasteiger partial charge in [-0.05, 0) is 49.2 Å². The van der Waals surface area contributed by atoms with Gasteiger partial charge in [-0.3, -0.25) is 0 Å². The molecule has 2 aromatic carbocycles. The molecule has 2 rings (SSSR count). The molecule has 3 heteroatoms. The maximum Gasteiger partial charge on any atom is 0.166 e. The zero-order valence-corrected chi connectivity index (χ0v) is 10.4. The highest BCUT2D eigenvalue weighted by atomic mass is 19.1. The lowest BCUT2D eigenvalue weighted by molar-refractivity contribution is 0.198. The first kappa shape index (κ1) is 12.6. The fraction of sp³-hybridized carbons (Fsp3) is 0.200. The van der Waals surface area contributed by atoms with Crippen molar-refractivity contribution in [2.75, 3.05) is 0 Å². The van der Waals surface area contributed by atoms with Gasteiger partial charge in [0.15, 0.2) is 11.6 Å². The minimum atomic E-state index is -0.687. The van der Waals surface area contributed by atoms with Gasteiger partial charge in [-0.15, -0.1) is 0 Å². The number of hydrogen-bond donors (Lipinski definition) is 1. The van der Waals surface area contributed by atoms with Crippen molar-refractivity contribution >= 4 is 0 Å². The lowest BCUT2D eigenvalue weighted by Gasteiger charge is -2.10. The fourth-order valence-corrected chi connectivity index (χ4v) is 1.67. The Morgan fingerprint density at radius 2 is 1.94 bits per heavy atom. The summed E-state index contributed by atoms with van der Waals surface area (Å²) in [6.45, 7) is 3.54. The molecule has 18 heavy (non-hydrogen) atoms. The van der Waals surface area contributed by atoms with Crippen LogP contribution in [0, 0.1) is 12.7 Å². The van der Waals surface area contributed by atoms with E-state index in [1.54, 1.807) is 19.1 Å². The molecule has 0 saturated carbocycles. The third kappa shape index (κ3) is 2.87. The largest absolute Gasteiger partial charge is 0.454 e. The van der Waals surface area contributed by atoms with Crippen LogP contribution in [-0.2, 0) is 0 Å². The maximum absolute atomic E-state index is 13.8. The molecule has 0 aliphatic heterocycles. The minimum absolute atomic E-state index is 0.157. The van der Waals surface area contributed by atoms with Crippen LogP contribution in [0.4, 0.5) is 4.39 Å². The summed E-state index contributed by atoms with van der Waals surface area (Å²) in [4.78, 5) is 0. The molecule has 0 fully saturated rings. The number of ether oxygens (including phenoxy) is 1. The normalized spacial score (nSPS) is 12.2. The molecular formula is C15H15FO2. The van der Waals surface area contributed by atoms with E-state index in [4.69, 9.17) is 4.74 Å². The molecule has 0 aliphatic carbocycles. The quantitative estimate of drug-likeness (QED) is 0.887. The highest BCUT2D eigenvalue weighted by Crippen LogP contribution is 2.27. The van der Waals surface area contributed by atoms with Gasteiger partial charge in [0.05, 0.1) is 6.10 Å². The molecule has 0 aromatic heterocycles. The van der Waals surface area contributed by atoms with E-state index < -0.39 is 11.9 Å². The molecule has 0 heterocycles. The third-order valence-corrected chi connectivity index (χ3v) is 2.66. The highest BCUT2D eigenvalue weighted by molar-refractivity contribution is 5.36. The van der Waals surface area contributed by atoms with Crippen LogP contribution in [0.15, 0.2) is 42.5 Å². The Morgan fingerprint density at radius 1 is 1.17 bits per heavy atom. The Balaban J connectivity index is 2.24. The number of hydrogen-bond acceptors (Lipinski definition) is 2. The Kier molecular flexibility index (Phi) is 3.63. The molecule has 0 aliphatic rings. The fourth-order valence-electron chi connectivity index (χ4n) is 1.67. The summed E-state index contributed by atoms with van der Waals surface area (Å²) in [6, 6.07) is 11.9. The molecule has 1 N–H and O–H groups in total. The Labute approximate surface area is 106 Å². The van der Waals surface area contributed by atoms with E-state index in [9.17, 15) is 9.50 Å². The predicted octanol–water partition coefficient (Wildman–Crippen LogP) is 3.98. The van der Waals surface area contributed by atoms with Gasteiger partial charge in [-0.25, -0.2) is 4.39 Å². The average Bonchev–Trinajstić information content (AvgIpc) is 2.31. The number of aliphatic hydroxyl groups is 1. The molecule has 0 radical (unpaired) electrons. The van der Waals surface area contributed by atoms with Crippen LogP contribution in [0.5, 0.6) is 11.5 Å². The number of halogens is 1. The molecule has 2 aromatic rings. The molecule has 0 spiro atoms. The smallest absolute Gasteiger partial charge is 0.166 e. The minimum Gasteiger partial charge on any atom is -0.454 e. The summed E-state index contributed by atoms with van der Waals surface area (Å²) < 4.78 is 19.2. The maximum atomic E-state index is 13.8. The standard InChI is InChI=1S/C15H15FO2/c1-10-4-3-5-13(8-10)18-15-7-6-12(11(2)17)9-14(15)16/h3-9,11,17H,1-2H3/t11-/m1/s1. The summed E-state index contributed by atoms with van der Waals surface area (Å²) >= 11 is 0. The van der Waals surface area contributed by atoms with E-state index in [1.807, 2.05) is 25.1 Å². The van der Waals surface area contributed by atoms with Gasteiger partial charge in [0.1, 0.15) is 5.75 Å². The summed E-state index contributed by atoms with van der Waals surface area (Å²) in [5.74, 6) is 0.276. The Morgan fingerprint density at radius 3 is 2.56 bits per heavy atom. The van der Waals surface area contributed by atoms with Gasteiger partial charge in [-0.2, -0.15) is 0 Å². The van der Waals surface area contributed by atoms with Crippen LogP contribution >= 0.6 is 0 Å². The average molecular weight is 246 g/mol. The van der Waals surface area contributed by atoms with Crippen molar-refractivity contribution in [1.82, 2.24) is 0 Å². The molecule has 0 bridgehead atoms. The Bertz CT molecular complexity index is 550. The second-order valence-corrected chi connectivity index (χ2v) is 4.28. The summed E-state index contributed by atoms with van der Waals surface area (Å²) in [5, 5.41) is 9.36. The predicted molar refractivity (Wildman–Crippen MR) is 68.3 cm³/mol.